The van der Waals surface area contributed by atoms with Gasteiger partial charge in [-0.25, -0.2) is 4.99 Å². The van der Waals surface area contributed by atoms with Gasteiger partial charge in [-0.15, -0.1) is 0 Å². The number of guanidine groups is 1. The molecule has 0 bridgehead atoms. The number of carbonyl (C=O) groups is 1. The molecule has 2 unspecified atom stereocenters. The molecule has 32 heavy (non-hydrogen) atoms. The Kier molecular flexibility index (Phi) is 7.77. The molecule has 2 atom stereocenters. The van der Waals surface area contributed by atoms with E-state index in [4.69, 9.17) is 9.73 Å². The zero-order valence-corrected chi connectivity index (χ0v) is 18.9. The fraction of sp³-hybridized carbons (Fsp3) is 0.462. The van der Waals surface area contributed by atoms with Gasteiger partial charge in [-0.3, -0.25) is 4.79 Å². The second kappa shape index (κ2) is 11.1. The molecular weight excluding hydrogens is 400 g/mol. The highest BCUT2D eigenvalue weighted by Gasteiger charge is 2.27. The van der Waals surface area contributed by atoms with Gasteiger partial charge in [0.2, 0.25) is 5.91 Å². The van der Waals surface area contributed by atoms with Crippen LogP contribution < -0.4 is 15.5 Å². The molecule has 6 heteroatoms. The van der Waals surface area contributed by atoms with E-state index in [1.54, 1.807) is 0 Å². The Balaban J connectivity index is 1.36. The Labute approximate surface area is 191 Å². The van der Waals surface area contributed by atoms with Gasteiger partial charge in [0.1, 0.15) is 0 Å². The van der Waals surface area contributed by atoms with Gasteiger partial charge < -0.3 is 20.3 Å². The van der Waals surface area contributed by atoms with Crippen LogP contribution in [0.3, 0.4) is 0 Å². The zero-order chi connectivity index (χ0) is 22.2. The lowest BCUT2D eigenvalue weighted by Crippen LogP contribution is -2.42. The van der Waals surface area contributed by atoms with Crippen molar-refractivity contribution in [3.8, 4) is 0 Å². The van der Waals surface area contributed by atoms with Gasteiger partial charge >= 0.3 is 0 Å². The van der Waals surface area contributed by atoms with Gasteiger partial charge in [-0.1, -0.05) is 42.5 Å². The molecule has 2 aliphatic rings. The molecule has 2 N–H and O–H groups in total. The fourth-order valence-electron chi connectivity index (χ4n) is 4.51. The number of rotatable bonds is 7. The SMILES string of the molecule is CCNC(=NCc1ccc(N2CCCC2=O)cc1)NCC1CCCOC1c1ccccc1. The topological polar surface area (TPSA) is 66.0 Å². The van der Waals surface area contributed by atoms with Crippen LogP contribution in [-0.2, 0) is 16.1 Å². The van der Waals surface area contributed by atoms with Crippen molar-refractivity contribution >= 4 is 17.6 Å². The highest BCUT2D eigenvalue weighted by atomic mass is 16.5. The maximum absolute atomic E-state index is 11.9. The first kappa shape index (κ1) is 22.3. The van der Waals surface area contributed by atoms with Gasteiger partial charge in [0, 0.05) is 44.3 Å². The summed E-state index contributed by atoms with van der Waals surface area (Å²) in [5.74, 6) is 1.45. The molecule has 0 aromatic heterocycles. The van der Waals surface area contributed by atoms with Crippen LogP contribution in [0.5, 0.6) is 0 Å². The first-order valence-corrected chi connectivity index (χ1v) is 11.8. The van der Waals surface area contributed by atoms with E-state index in [0.717, 1.165) is 62.7 Å². The summed E-state index contributed by atoms with van der Waals surface area (Å²) in [6.07, 6.45) is 3.96. The molecule has 2 aromatic rings. The number of anilines is 1. The Hall–Kier alpha value is -2.86. The second-order valence-electron chi connectivity index (χ2n) is 8.50. The minimum Gasteiger partial charge on any atom is -0.373 e. The monoisotopic (exact) mass is 434 g/mol. The molecular formula is C26H34N4O2. The highest BCUT2D eigenvalue weighted by molar-refractivity contribution is 5.95. The van der Waals surface area contributed by atoms with Crippen molar-refractivity contribution in [3.63, 3.8) is 0 Å². The van der Waals surface area contributed by atoms with Crippen molar-refractivity contribution in [1.29, 1.82) is 0 Å². The van der Waals surface area contributed by atoms with E-state index < -0.39 is 0 Å². The molecule has 2 fully saturated rings. The van der Waals surface area contributed by atoms with Crippen molar-refractivity contribution in [2.45, 2.75) is 45.3 Å². The number of benzene rings is 2. The van der Waals surface area contributed by atoms with Crippen molar-refractivity contribution in [2.24, 2.45) is 10.9 Å². The Morgan fingerprint density at radius 3 is 2.62 bits per heavy atom. The van der Waals surface area contributed by atoms with Crippen LogP contribution in [0.1, 0.15) is 49.8 Å². The smallest absolute Gasteiger partial charge is 0.227 e. The van der Waals surface area contributed by atoms with Crippen LogP contribution >= 0.6 is 0 Å². The normalized spacial score (nSPS) is 21.6. The molecule has 0 saturated carbocycles. The zero-order valence-electron chi connectivity index (χ0n) is 18.9. The number of ether oxygens (including phenoxy) is 1. The number of carbonyl (C=O) groups excluding carboxylic acids is 1. The Bertz CT molecular complexity index is 898. The third kappa shape index (κ3) is 5.68. The Morgan fingerprint density at radius 2 is 1.91 bits per heavy atom. The number of hydrogen-bond donors (Lipinski definition) is 2. The molecule has 6 nitrogen and oxygen atoms in total. The molecule has 2 aliphatic heterocycles. The minimum atomic E-state index is 0.126. The third-order valence-electron chi connectivity index (χ3n) is 6.19. The average Bonchev–Trinajstić information content (AvgIpc) is 3.28. The summed E-state index contributed by atoms with van der Waals surface area (Å²) in [6.45, 7) is 5.94. The summed E-state index contributed by atoms with van der Waals surface area (Å²) in [5, 5.41) is 6.88. The lowest BCUT2D eigenvalue weighted by Gasteiger charge is -2.32. The predicted octanol–water partition coefficient (Wildman–Crippen LogP) is 4.04. The summed E-state index contributed by atoms with van der Waals surface area (Å²) in [6, 6.07) is 18.7. The largest absolute Gasteiger partial charge is 0.373 e. The van der Waals surface area contributed by atoms with Crippen molar-refractivity contribution in [2.75, 3.05) is 31.1 Å². The van der Waals surface area contributed by atoms with E-state index in [1.807, 2.05) is 23.1 Å². The number of aliphatic imine (C=N–C) groups is 1. The van der Waals surface area contributed by atoms with Gasteiger partial charge in [0.05, 0.1) is 12.6 Å². The Morgan fingerprint density at radius 1 is 1.09 bits per heavy atom. The molecule has 170 valence electrons. The molecule has 2 aromatic carbocycles. The maximum atomic E-state index is 11.9. The van der Waals surface area contributed by atoms with Gasteiger partial charge in [-0.2, -0.15) is 0 Å². The first-order valence-electron chi connectivity index (χ1n) is 11.8. The highest BCUT2D eigenvalue weighted by Crippen LogP contribution is 2.33. The van der Waals surface area contributed by atoms with E-state index in [9.17, 15) is 4.79 Å². The van der Waals surface area contributed by atoms with Crippen LogP contribution in [0.2, 0.25) is 0 Å². The molecule has 0 aliphatic carbocycles. The van der Waals surface area contributed by atoms with Crippen LogP contribution in [0.25, 0.3) is 0 Å². The lowest BCUT2D eigenvalue weighted by molar-refractivity contribution is -0.117. The first-order chi connectivity index (χ1) is 15.7. The van der Waals surface area contributed by atoms with Crippen molar-refractivity contribution in [1.82, 2.24) is 10.6 Å². The van der Waals surface area contributed by atoms with E-state index in [1.165, 1.54) is 5.56 Å². The lowest BCUT2D eigenvalue weighted by atomic mass is 9.89. The van der Waals surface area contributed by atoms with E-state index >= 15 is 0 Å². The molecule has 1 amide bonds. The van der Waals surface area contributed by atoms with Crippen LogP contribution in [-0.4, -0.2) is 38.1 Å². The molecule has 0 radical (unpaired) electrons. The molecule has 2 saturated heterocycles. The summed E-state index contributed by atoms with van der Waals surface area (Å²) >= 11 is 0. The van der Waals surface area contributed by atoms with E-state index in [0.29, 0.717) is 18.9 Å². The third-order valence-corrected chi connectivity index (χ3v) is 6.19. The summed E-state index contributed by atoms with van der Waals surface area (Å²) in [4.78, 5) is 18.6. The van der Waals surface area contributed by atoms with Crippen molar-refractivity contribution in [3.05, 3.63) is 65.7 Å². The number of nitrogens with one attached hydrogen (secondary N) is 2. The van der Waals surface area contributed by atoms with Gasteiger partial charge in [-0.05, 0) is 49.4 Å². The molecule has 4 rings (SSSR count). The quantitative estimate of drug-likeness (QED) is 0.510. The minimum absolute atomic E-state index is 0.126. The fourth-order valence-corrected chi connectivity index (χ4v) is 4.51. The average molecular weight is 435 g/mol. The standard InChI is InChI=1S/C26H34N4O2/c1-2-27-26(28-18-20-12-14-23(15-13-20)30-16-6-11-24(30)31)29-19-22-10-7-17-32-25(22)21-8-4-3-5-9-21/h3-5,8-9,12-15,22,25H,2,6-7,10-11,16-19H2,1H3,(H2,27,28,29). The summed E-state index contributed by atoms with van der Waals surface area (Å²) < 4.78 is 6.13. The molecule has 2 heterocycles. The number of nitrogens with zero attached hydrogens (tertiary/aromatic N) is 2. The van der Waals surface area contributed by atoms with Crippen LogP contribution in [0, 0.1) is 5.92 Å². The van der Waals surface area contributed by atoms with Crippen LogP contribution in [0.4, 0.5) is 5.69 Å². The summed E-state index contributed by atoms with van der Waals surface area (Å²) in [7, 11) is 0. The number of hydrogen-bond acceptors (Lipinski definition) is 3. The maximum Gasteiger partial charge on any atom is 0.227 e. The predicted molar refractivity (Wildman–Crippen MR) is 129 cm³/mol. The van der Waals surface area contributed by atoms with Gasteiger partial charge in [0.25, 0.3) is 0 Å². The summed E-state index contributed by atoms with van der Waals surface area (Å²) in [5.41, 5.74) is 3.35. The van der Waals surface area contributed by atoms with Crippen LogP contribution in [0.15, 0.2) is 59.6 Å². The van der Waals surface area contributed by atoms with E-state index in [-0.39, 0.29) is 12.0 Å². The molecule has 0 spiro atoms. The number of amides is 1. The second-order valence-corrected chi connectivity index (χ2v) is 8.50. The van der Waals surface area contributed by atoms with Gasteiger partial charge in [0.15, 0.2) is 5.96 Å². The van der Waals surface area contributed by atoms with E-state index in [2.05, 4.69) is 54.0 Å². The van der Waals surface area contributed by atoms with Crippen molar-refractivity contribution < 1.29 is 9.53 Å².